The highest BCUT2D eigenvalue weighted by Gasteiger charge is 2.29. The van der Waals surface area contributed by atoms with Crippen molar-refractivity contribution in [3.05, 3.63) is 65.0 Å². The molecule has 0 spiro atoms. The number of hydrogen-bond acceptors (Lipinski definition) is 2. The third-order valence-corrected chi connectivity index (χ3v) is 4.82. The fraction of sp³-hybridized carbons (Fsp3) is 0.333. The van der Waals surface area contributed by atoms with Gasteiger partial charge < -0.3 is 10.2 Å². The Bertz CT molecular complexity index is 817. The Balaban J connectivity index is 1.67. The molecule has 0 aromatic heterocycles. The van der Waals surface area contributed by atoms with Crippen LogP contribution in [0.2, 0.25) is 0 Å². The molecule has 0 radical (unpaired) electrons. The first-order chi connectivity index (χ1) is 12.4. The van der Waals surface area contributed by atoms with Gasteiger partial charge in [0.2, 0.25) is 5.91 Å². The second-order valence-electron chi connectivity index (χ2n) is 6.90. The second-order valence-corrected chi connectivity index (χ2v) is 6.90. The van der Waals surface area contributed by atoms with Crippen LogP contribution in [-0.4, -0.2) is 29.8 Å². The molecule has 136 valence electrons. The maximum atomic E-state index is 13.1. The number of likely N-dealkylation sites (tertiary alicyclic amines) is 1. The highest BCUT2D eigenvalue weighted by Crippen LogP contribution is 2.22. The van der Waals surface area contributed by atoms with Crippen molar-refractivity contribution < 1.29 is 14.0 Å². The highest BCUT2D eigenvalue weighted by atomic mass is 19.1. The van der Waals surface area contributed by atoms with Crippen LogP contribution in [0.4, 0.5) is 10.1 Å². The molecule has 1 unspecified atom stereocenters. The zero-order valence-electron chi connectivity index (χ0n) is 15.1. The van der Waals surface area contributed by atoms with E-state index in [0.29, 0.717) is 18.7 Å². The quantitative estimate of drug-likeness (QED) is 0.908. The molecular weight excluding hydrogens is 331 g/mol. The summed E-state index contributed by atoms with van der Waals surface area (Å²) in [6, 6.07) is 11.5. The molecule has 2 amide bonds. The number of nitrogens with one attached hydrogen (secondary N) is 1. The molecule has 0 saturated carbocycles. The van der Waals surface area contributed by atoms with Crippen LogP contribution < -0.4 is 5.32 Å². The van der Waals surface area contributed by atoms with Gasteiger partial charge in [0.05, 0.1) is 5.92 Å². The van der Waals surface area contributed by atoms with Crippen molar-refractivity contribution in [2.45, 2.75) is 26.7 Å². The molecule has 1 N–H and O–H groups in total. The summed E-state index contributed by atoms with van der Waals surface area (Å²) in [5.74, 6) is -0.830. The number of carbonyl (C=O) groups is 2. The SMILES string of the molecule is Cc1ccc(C)c(NC(=O)C2CCCN(C(=O)c3ccc(F)cc3)C2)c1. The molecule has 0 aliphatic carbocycles. The van der Waals surface area contributed by atoms with Gasteiger partial charge in [0.15, 0.2) is 0 Å². The molecule has 0 bridgehead atoms. The van der Waals surface area contributed by atoms with Gasteiger partial charge in [-0.15, -0.1) is 0 Å². The van der Waals surface area contributed by atoms with Crippen molar-refractivity contribution in [3.63, 3.8) is 0 Å². The van der Waals surface area contributed by atoms with E-state index in [9.17, 15) is 14.0 Å². The van der Waals surface area contributed by atoms with Gasteiger partial charge in [0.25, 0.3) is 5.91 Å². The summed E-state index contributed by atoms with van der Waals surface area (Å²) in [4.78, 5) is 27.0. The molecule has 1 aliphatic heterocycles. The van der Waals surface area contributed by atoms with Gasteiger partial charge >= 0.3 is 0 Å². The van der Waals surface area contributed by atoms with Gasteiger partial charge in [0, 0.05) is 24.3 Å². The van der Waals surface area contributed by atoms with Crippen LogP contribution in [0.15, 0.2) is 42.5 Å². The fourth-order valence-electron chi connectivity index (χ4n) is 3.26. The Kier molecular flexibility index (Phi) is 5.35. The third-order valence-electron chi connectivity index (χ3n) is 4.82. The van der Waals surface area contributed by atoms with Crippen molar-refractivity contribution >= 4 is 17.5 Å². The minimum absolute atomic E-state index is 0.0599. The van der Waals surface area contributed by atoms with Crippen LogP contribution in [0.5, 0.6) is 0 Å². The molecule has 2 aromatic rings. The summed E-state index contributed by atoms with van der Waals surface area (Å²) < 4.78 is 13.1. The molecule has 3 rings (SSSR count). The maximum Gasteiger partial charge on any atom is 0.253 e. The number of aryl methyl sites for hydroxylation is 2. The number of nitrogens with zero attached hydrogens (tertiary/aromatic N) is 1. The zero-order valence-corrected chi connectivity index (χ0v) is 15.1. The van der Waals surface area contributed by atoms with E-state index in [1.165, 1.54) is 24.3 Å². The Labute approximate surface area is 153 Å². The lowest BCUT2D eigenvalue weighted by molar-refractivity contribution is -0.121. The smallest absolute Gasteiger partial charge is 0.253 e. The normalized spacial score (nSPS) is 17.0. The monoisotopic (exact) mass is 354 g/mol. The summed E-state index contributed by atoms with van der Waals surface area (Å²) in [7, 11) is 0. The number of halogens is 1. The number of piperidine rings is 1. The van der Waals surface area contributed by atoms with E-state index in [4.69, 9.17) is 0 Å². The maximum absolute atomic E-state index is 13.1. The van der Waals surface area contributed by atoms with Gasteiger partial charge in [-0.1, -0.05) is 12.1 Å². The van der Waals surface area contributed by atoms with E-state index in [1.807, 2.05) is 32.0 Å². The van der Waals surface area contributed by atoms with Crippen LogP contribution >= 0.6 is 0 Å². The molecule has 1 saturated heterocycles. The van der Waals surface area contributed by atoms with Crippen LogP contribution in [-0.2, 0) is 4.79 Å². The number of hydrogen-bond donors (Lipinski definition) is 1. The van der Waals surface area contributed by atoms with Gasteiger partial charge in [-0.25, -0.2) is 4.39 Å². The minimum Gasteiger partial charge on any atom is -0.338 e. The Morgan fingerprint density at radius 3 is 2.58 bits per heavy atom. The molecule has 1 atom stereocenters. The van der Waals surface area contributed by atoms with Crippen molar-refractivity contribution in [1.29, 1.82) is 0 Å². The van der Waals surface area contributed by atoms with Crippen LogP contribution in [0.1, 0.15) is 34.3 Å². The fourth-order valence-corrected chi connectivity index (χ4v) is 3.26. The number of anilines is 1. The Morgan fingerprint density at radius 2 is 1.85 bits per heavy atom. The number of benzene rings is 2. The average molecular weight is 354 g/mol. The van der Waals surface area contributed by atoms with Crippen LogP contribution in [0.3, 0.4) is 0 Å². The zero-order chi connectivity index (χ0) is 18.7. The van der Waals surface area contributed by atoms with Gasteiger partial charge in [-0.2, -0.15) is 0 Å². The average Bonchev–Trinajstić information content (AvgIpc) is 2.65. The molecule has 1 aliphatic rings. The topological polar surface area (TPSA) is 49.4 Å². The lowest BCUT2D eigenvalue weighted by Gasteiger charge is -2.32. The Hall–Kier alpha value is -2.69. The first-order valence-electron chi connectivity index (χ1n) is 8.87. The number of amides is 2. The lowest BCUT2D eigenvalue weighted by Crippen LogP contribution is -2.43. The number of carbonyl (C=O) groups excluding carboxylic acids is 2. The van der Waals surface area contributed by atoms with Crippen molar-refractivity contribution in [2.24, 2.45) is 5.92 Å². The molecule has 5 heteroatoms. The molecule has 1 heterocycles. The number of rotatable bonds is 3. The molecule has 2 aromatic carbocycles. The lowest BCUT2D eigenvalue weighted by atomic mass is 9.96. The summed E-state index contributed by atoms with van der Waals surface area (Å²) >= 11 is 0. The molecular formula is C21H23FN2O2. The summed E-state index contributed by atoms with van der Waals surface area (Å²) in [5.41, 5.74) is 3.36. The Morgan fingerprint density at radius 1 is 1.12 bits per heavy atom. The van der Waals surface area contributed by atoms with E-state index in [0.717, 1.165) is 29.7 Å². The predicted molar refractivity (Wildman–Crippen MR) is 99.6 cm³/mol. The van der Waals surface area contributed by atoms with Gasteiger partial charge in [-0.3, -0.25) is 9.59 Å². The first-order valence-corrected chi connectivity index (χ1v) is 8.87. The highest BCUT2D eigenvalue weighted by molar-refractivity contribution is 5.96. The minimum atomic E-state index is -0.369. The first kappa shape index (κ1) is 18.1. The van der Waals surface area contributed by atoms with Crippen LogP contribution in [0.25, 0.3) is 0 Å². The van der Waals surface area contributed by atoms with Gasteiger partial charge in [-0.05, 0) is 68.1 Å². The predicted octanol–water partition coefficient (Wildman–Crippen LogP) is 3.93. The summed E-state index contributed by atoms with van der Waals surface area (Å²) in [6.45, 7) is 4.94. The van der Waals surface area contributed by atoms with E-state index in [-0.39, 0.29) is 23.5 Å². The molecule has 1 fully saturated rings. The van der Waals surface area contributed by atoms with E-state index in [1.54, 1.807) is 4.90 Å². The van der Waals surface area contributed by atoms with Crippen molar-refractivity contribution in [3.8, 4) is 0 Å². The standard InChI is InChI=1S/C21H23FN2O2/c1-14-5-6-15(2)19(12-14)23-20(25)17-4-3-11-24(13-17)21(26)16-7-9-18(22)10-8-16/h5-10,12,17H,3-4,11,13H2,1-2H3,(H,23,25). The van der Waals surface area contributed by atoms with Crippen LogP contribution in [0, 0.1) is 25.6 Å². The van der Waals surface area contributed by atoms with Crippen molar-refractivity contribution in [1.82, 2.24) is 4.90 Å². The second kappa shape index (κ2) is 7.68. The van der Waals surface area contributed by atoms with E-state index >= 15 is 0 Å². The third kappa shape index (κ3) is 4.10. The van der Waals surface area contributed by atoms with E-state index in [2.05, 4.69) is 5.32 Å². The van der Waals surface area contributed by atoms with E-state index < -0.39 is 0 Å². The van der Waals surface area contributed by atoms with Gasteiger partial charge in [0.1, 0.15) is 5.82 Å². The van der Waals surface area contributed by atoms with Crippen molar-refractivity contribution in [2.75, 3.05) is 18.4 Å². The largest absolute Gasteiger partial charge is 0.338 e. The summed E-state index contributed by atoms with van der Waals surface area (Å²) in [5, 5.41) is 3.00. The molecule has 4 nitrogen and oxygen atoms in total. The molecule has 26 heavy (non-hydrogen) atoms. The summed E-state index contributed by atoms with van der Waals surface area (Å²) in [6.07, 6.45) is 1.53.